The Kier molecular flexibility index (Phi) is 5.94. The van der Waals surface area contributed by atoms with Crippen LogP contribution in [-0.2, 0) is 0 Å². The molecule has 2 N–H and O–H groups in total. The summed E-state index contributed by atoms with van der Waals surface area (Å²) in [5.74, 6) is 2.35. The normalized spacial score (nSPS) is 29.8. The van der Waals surface area contributed by atoms with Crippen LogP contribution in [0.15, 0.2) is 0 Å². The van der Waals surface area contributed by atoms with E-state index >= 15 is 0 Å². The van der Waals surface area contributed by atoms with Crippen molar-refractivity contribution in [2.45, 2.75) is 71.3 Å². The van der Waals surface area contributed by atoms with Crippen LogP contribution in [0.3, 0.4) is 0 Å². The number of unbranched alkanes of at least 4 members (excludes halogenated alkanes) is 1. The molecular weight excluding hydrogens is 212 g/mol. The molecule has 1 rings (SSSR count). The zero-order valence-electron chi connectivity index (χ0n) is 11.8. The first-order chi connectivity index (χ1) is 7.94. The highest BCUT2D eigenvalue weighted by Crippen LogP contribution is 2.41. The second kappa shape index (κ2) is 6.75. The molecule has 0 saturated heterocycles. The van der Waals surface area contributed by atoms with Crippen molar-refractivity contribution in [3.8, 4) is 0 Å². The van der Waals surface area contributed by atoms with Gasteiger partial charge in [-0.1, -0.05) is 32.6 Å². The van der Waals surface area contributed by atoms with Crippen molar-refractivity contribution in [2.24, 2.45) is 17.8 Å². The maximum Gasteiger partial charge on any atom is 0.0591 e. The molecule has 1 saturated carbocycles. The minimum Gasteiger partial charge on any atom is -0.396 e. The van der Waals surface area contributed by atoms with Crippen molar-refractivity contribution < 1.29 is 10.2 Å². The van der Waals surface area contributed by atoms with Crippen molar-refractivity contribution in [3.63, 3.8) is 0 Å². The fraction of sp³-hybridized carbons (Fsp3) is 1.00. The fourth-order valence-corrected chi connectivity index (χ4v) is 3.36. The number of aliphatic hydroxyl groups is 2. The van der Waals surface area contributed by atoms with Gasteiger partial charge in [-0.2, -0.15) is 0 Å². The molecule has 0 spiro atoms. The quantitative estimate of drug-likeness (QED) is 0.672. The Labute approximate surface area is 106 Å². The van der Waals surface area contributed by atoms with Crippen LogP contribution in [0.4, 0.5) is 0 Å². The third-order valence-corrected chi connectivity index (χ3v) is 4.41. The van der Waals surface area contributed by atoms with E-state index in [1.807, 2.05) is 13.8 Å². The summed E-state index contributed by atoms with van der Waals surface area (Å²) in [6.07, 6.45) is 8.20. The van der Waals surface area contributed by atoms with E-state index in [9.17, 15) is 5.11 Å². The van der Waals surface area contributed by atoms with Gasteiger partial charge in [-0.05, 0) is 50.9 Å². The van der Waals surface area contributed by atoms with Gasteiger partial charge in [0.2, 0.25) is 0 Å². The summed E-state index contributed by atoms with van der Waals surface area (Å²) in [6.45, 7) is 6.45. The number of hydrogen-bond acceptors (Lipinski definition) is 2. The van der Waals surface area contributed by atoms with Crippen molar-refractivity contribution in [1.29, 1.82) is 0 Å². The first-order valence-electron chi connectivity index (χ1n) is 7.27. The van der Waals surface area contributed by atoms with E-state index in [1.165, 1.54) is 25.7 Å². The van der Waals surface area contributed by atoms with Gasteiger partial charge in [0.05, 0.1) is 5.60 Å². The van der Waals surface area contributed by atoms with Gasteiger partial charge in [0.1, 0.15) is 0 Å². The average molecular weight is 242 g/mol. The molecule has 2 heteroatoms. The van der Waals surface area contributed by atoms with Gasteiger partial charge in [-0.15, -0.1) is 0 Å². The molecule has 0 aliphatic heterocycles. The second-order valence-electron chi connectivity index (χ2n) is 6.55. The lowest BCUT2D eigenvalue weighted by Crippen LogP contribution is -2.18. The monoisotopic (exact) mass is 242 g/mol. The maximum absolute atomic E-state index is 9.65. The van der Waals surface area contributed by atoms with E-state index < -0.39 is 5.60 Å². The van der Waals surface area contributed by atoms with E-state index in [1.54, 1.807) is 0 Å². The molecule has 102 valence electrons. The van der Waals surface area contributed by atoms with E-state index in [2.05, 4.69) is 6.92 Å². The Hall–Kier alpha value is -0.0800. The van der Waals surface area contributed by atoms with Gasteiger partial charge >= 0.3 is 0 Å². The molecule has 0 aromatic heterocycles. The van der Waals surface area contributed by atoms with E-state index in [4.69, 9.17) is 5.11 Å². The Balaban J connectivity index is 2.22. The minimum absolute atomic E-state index is 0.342. The predicted molar refractivity (Wildman–Crippen MR) is 71.8 cm³/mol. The molecule has 1 fully saturated rings. The molecule has 0 heterocycles. The molecule has 17 heavy (non-hydrogen) atoms. The van der Waals surface area contributed by atoms with E-state index in [0.29, 0.717) is 6.61 Å². The number of rotatable bonds is 7. The zero-order valence-corrected chi connectivity index (χ0v) is 11.8. The molecule has 3 atom stereocenters. The van der Waals surface area contributed by atoms with Gasteiger partial charge in [0.25, 0.3) is 0 Å². The Morgan fingerprint density at radius 3 is 2.41 bits per heavy atom. The van der Waals surface area contributed by atoms with Crippen LogP contribution < -0.4 is 0 Å². The first kappa shape index (κ1) is 15.0. The standard InChI is InChI=1S/C15H30O2/c1-12-7-8-13(14(12)9-11-16)6-4-5-10-15(2,3)17/h12-14,16-17H,4-11H2,1-3H3/t12-,13+,14?/m0/s1. The topological polar surface area (TPSA) is 40.5 Å². The molecule has 2 nitrogen and oxygen atoms in total. The molecule has 1 unspecified atom stereocenters. The summed E-state index contributed by atoms with van der Waals surface area (Å²) in [7, 11) is 0. The Morgan fingerprint density at radius 1 is 1.12 bits per heavy atom. The van der Waals surface area contributed by atoms with Crippen LogP contribution in [0, 0.1) is 17.8 Å². The van der Waals surface area contributed by atoms with Crippen molar-refractivity contribution in [1.82, 2.24) is 0 Å². The average Bonchev–Trinajstić information content (AvgIpc) is 2.55. The molecule has 0 bridgehead atoms. The third-order valence-electron chi connectivity index (χ3n) is 4.41. The number of aliphatic hydroxyl groups excluding tert-OH is 1. The zero-order chi connectivity index (χ0) is 12.9. The molecule has 1 aliphatic carbocycles. The smallest absolute Gasteiger partial charge is 0.0591 e. The maximum atomic E-state index is 9.65. The Morgan fingerprint density at radius 2 is 1.82 bits per heavy atom. The van der Waals surface area contributed by atoms with E-state index in [-0.39, 0.29) is 0 Å². The summed E-state index contributed by atoms with van der Waals surface area (Å²) < 4.78 is 0. The predicted octanol–water partition coefficient (Wildman–Crippen LogP) is 3.36. The van der Waals surface area contributed by atoms with Gasteiger partial charge in [-0.3, -0.25) is 0 Å². The summed E-state index contributed by atoms with van der Waals surface area (Å²) in [5.41, 5.74) is -0.506. The van der Waals surface area contributed by atoms with Crippen LogP contribution in [-0.4, -0.2) is 22.4 Å². The molecule has 0 radical (unpaired) electrons. The largest absolute Gasteiger partial charge is 0.396 e. The summed E-state index contributed by atoms with van der Waals surface area (Å²) in [5, 5.41) is 18.8. The van der Waals surface area contributed by atoms with Gasteiger partial charge in [0.15, 0.2) is 0 Å². The highest BCUT2D eigenvalue weighted by Gasteiger charge is 2.32. The van der Waals surface area contributed by atoms with Crippen LogP contribution in [0.2, 0.25) is 0 Å². The lowest BCUT2D eigenvalue weighted by Gasteiger charge is -2.23. The highest BCUT2D eigenvalue weighted by molar-refractivity contribution is 4.82. The molecule has 1 aliphatic rings. The van der Waals surface area contributed by atoms with Gasteiger partial charge in [-0.25, -0.2) is 0 Å². The van der Waals surface area contributed by atoms with Crippen LogP contribution in [0.25, 0.3) is 0 Å². The van der Waals surface area contributed by atoms with Crippen LogP contribution >= 0.6 is 0 Å². The first-order valence-corrected chi connectivity index (χ1v) is 7.27. The summed E-state index contributed by atoms with van der Waals surface area (Å²) >= 11 is 0. The number of hydrogen-bond donors (Lipinski definition) is 2. The van der Waals surface area contributed by atoms with E-state index in [0.717, 1.165) is 37.0 Å². The van der Waals surface area contributed by atoms with Crippen molar-refractivity contribution in [2.75, 3.05) is 6.61 Å². The van der Waals surface area contributed by atoms with Crippen LogP contribution in [0.1, 0.15) is 65.7 Å². The second-order valence-corrected chi connectivity index (χ2v) is 6.55. The lowest BCUT2D eigenvalue weighted by atomic mass is 9.84. The fourth-order valence-electron chi connectivity index (χ4n) is 3.36. The lowest BCUT2D eigenvalue weighted by molar-refractivity contribution is 0.0673. The van der Waals surface area contributed by atoms with Gasteiger partial charge < -0.3 is 10.2 Å². The SMILES string of the molecule is C[C@H]1CC[C@@H](CCCCC(C)(C)O)C1CCO. The Bertz CT molecular complexity index is 207. The molecule has 0 amide bonds. The summed E-state index contributed by atoms with van der Waals surface area (Å²) in [4.78, 5) is 0. The highest BCUT2D eigenvalue weighted by atomic mass is 16.3. The summed E-state index contributed by atoms with van der Waals surface area (Å²) in [6, 6.07) is 0. The van der Waals surface area contributed by atoms with Gasteiger partial charge in [0, 0.05) is 6.61 Å². The minimum atomic E-state index is -0.506. The van der Waals surface area contributed by atoms with Crippen LogP contribution in [0.5, 0.6) is 0 Å². The molecule has 0 aromatic rings. The molecular formula is C15H30O2. The third kappa shape index (κ3) is 5.39. The van der Waals surface area contributed by atoms with Crippen molar-refractivity contribution >= 4 is 0 Å². The molecule has 0 aromatic carbocycles. The van der Waals surface area contributed by atoms with Crippen molar-refractivity contribution in [3.05, 3.63) is 0 Å².